The summed E-state index contributed by atoms with van der Waals surface area (Å²) in [5, 5.41) is 14.4. The van der Waals surface area contributed by atoms with Gasteiger partial charge in [-0.15, -0.1) is 11.8 Å². The van der Waals surface area contributed by atoms with Gasteiger partial charge >= 0.3 is 0 Å². The molecule has 1 aromatic rings. The molecule has 0 aliphatic rings. The average Bonchev–Trinajstić information content (AvgIpc) is 2.41. The lowest BCUT2D eigenvalue weighted by molar-refractivity contribution is 0.154. The average molecular weight is 350 g/mol. The topological polar surface area (TPSA) is 32.3 Å². The van der Waals surface area contributed by atoms with Crippen molar-refractivity contribution < 1.29 is 5.11 Å². The molecule has 1 aromatic carbocycles. The molecule has 5 heteroatoms. The van der Waals surface area contributed by atoms with Crippen molar-refractivity contribution >= 4 is 35.0 Å². The zero-order valence-corrected chi connectivity index (χ0v) is 15.3. The van der Waals surface area contributed by atoms with E-state index in [1.807, 2.05) is 12.1 Å². The molecule has 0 saturated carbocycles. The van der Waals surface area contributed by atoms with Crippen molar-refractivity contribution in [3.8, 4) is 0 Å². The molecule has 0 radical (unpaired) electrons. The van der Waals surface area contributed by atoms with Crippen molar-refractivity contribution in [2.75, 3.05) is 12.4 Å². The summed E-state index contributed by atoms with van der Waals surface area (Å²) in [6, 6.07) is 5.92. The maximum Gasteiger partial charge on any atom is 0.0610 e. The summed E-state index contributed by atoms with van der Waals surface area (Å²) in [4.78, 5) is 1.04. The van der Waals surface area contributed by atoms with E-state index in [1.165, 1.54) is 0 Å². The Morgan fingerprint density at radius 2 is 2.00 bits per heavy atom. The summed E-state index contributed by atoms with van der Waals surface area (Å²) in [6.45, 7) is 6.45. The van der Waals surface area contributed by atoms with Gasteiger partial charge in [0.25, 0.3) is 0 Å². The minimum absolute atomic E-state index is 0.165. The van der Waals surface area contributed by atoms with Crippen LogP contribution in [0.4, 0.5) is 0 Å². The van der Waals surface area contributed by atoms with Gasteiger partial charge in [-0.3, -0.25) is 0 Å². The highest BCUT2D eigenvalue weighted by atomic mass is 35.5. The third-order valence-corrected chi connectivity index (χ3v) is 5.08. The molecule has 0 aliphatic carbocycles. The van der Waals surface area contributed by atoms with E-state index < -0.39 is 0 Å². The molecule has 2 nitrogen and oxygen atoms in total. The number of hydrogen-bond acceptors (Lipinski definition) is 3. The van der Waals surface area contributed by atoms with Gasteiger partial charge in [0, 0.05) is 21.5 Å². The second kappa shape index (κ2) is 9.26. The lowest BCUT2D eigenvalue weighted by Crippen LogP contribution is -2.49. The number of halogens is 2. The Hall–Kier alpha value is 0.0700. The summed E-state index contributed by atoms with van der Waals surface area (Å²) in [7, 11) is 0. The minimum Gasteiger partial charge on any atom is -0.394 e. The molecule has 0 bridgehead atoms. The normalized spacial score (nSPS) is 14.4. The van der Waals surface area contributed by atoms with Crippen LogP contribution in [0.1, 0.15) is 40.0 Å². The first-order valence-electron chi connectivity index (χ1n) is 7.33. The number of benzene rings is 1. The number of nitrogens with one attached hydrogen (secondary N) is 1. The van der Waals surface area contributed by atoms with Gasteiger partial charge in [-0.05, 0) is 43.7 Å². The van der Waals surface area contributed by atoms with E-state index in [0.29, 0.717) is 6.04 Å². The van der Waals surface area contributed by atoms with Crippen molar-refractivity contribution in [1.82, 2.24) is 5.32 Å². The molecular formula is C16H25Cl2NOS. The van der Waals surface area contributed by atoms with E-state index in [4.69, 9.17) is 23.2 Å². The highest BCUT2D eigenvalue weighted by molar-refractivity contribution is 7.99. The second-order valence-electron chi connectivity index (χ2n) is 5.90. The Kier molecular flexibility index (Phi) is 8.43. The number of aliphatic hydroxyl groups is 1. The number of hydrogen-bond donors (Lipinski definition) is 2. The molecule has 120 valence electrons. The van der Waals surface area contributed by atoms with Crippen molar-refractivity contribution in [2.24, 2.45) is 0 Å². The second-order valence-corrected chi connectivity index (χ2v) is 7.88. The lowest BCUT2D eigenvalue weighted by atomic mass is 9.95. The fraction of sp³-hybridized carbons (Fsp3) is 0.625. The Morgan fingerprint density at radius 1 is 1.29 bits per heavy atom. The molecule has 1 rings (SSSR count). The van der Waals surface area contributed by atoms with Gasteiger partial charge in [-0.25, -0.2) is 0 Å². The highest BCUT2D eigenvalue weighted by Gasteiger charge is 2.22. The quantitative estimate of drug-likeness (QED) is 0.485. The number of rotatable bonds is 9. The third kappa shape index (κ3) is 7.25. The zero-order chi connectivity index (χ0) is 15.9. The molecule has 0 aromatic heterocycles. The van der Waals surface area contributed by atoms with Gasteiger partial charge in [0.05, 0.1) is 11.6 Å². The third-order valence-electron chi connectivity index (χ3n) is 3.26. The van der Waals surface area contributed by atoms with Crippen LogP contribution in [0.5, 0.6) is 0 Å². The van der Waals surface area contributed by atoms with Gasteiger partial charge in [0.15, 0.2) is 0 Å². The Labute approximate surface area is 142 Å². The van der Waals surface area contributed by atoms with Crippen LogP contribution in [0.25, 0.3) is 0 Å². The Bertz CT molecular complexity index is 442. The molecule has 0 heterocycles. The molecule has 0 saturated heterocycles. The van der Waals surface area contributed by atoms with Crippen molar-refractivity contribution in [3.05, 3.63) is 28.2 Å². The van der Waals surface area contributed by atoms with E-state index in [2.05, 4.69) is 26.1 Å². The molecular weight excluding hydrogens is 325 g/mol. The van der Waals surface area contributed by atoms with E-state index in [-0.39, 0.29) is 12.1 Å². The van der Waals surface area contributed by atoms with Gasteiger partial charge in [-0.1, -0.05) is 43.5 Å². The van der Waals surface area contributed by atoms with Crippen LogP contribution in [0.3, 0.4) is 0 Å². The van der Waals surface area contributed by atoms with Gasteiger partial charge in [-0.2, -0.15) is 0 Å². The maximum atomic E-state index is 9.54. The van der Waals surface area contributed by atoms with E-state index in [0.717, 1.165) is 40.0 Å². The molecule has 0 spiro atoms. The summed E-state index contributed by atoms with van der Waals surface area (Å²) >= 11 is 13.8. The molecule has 0 aliphatic heterocycles. The van der Waals surface area contributed by atoms with Crippen LogP contribution in [-0.2, 0) is 0 Å². The fourth-order valence-corrected chi connectivity index (χ4v) is 3.78. The van der Waals surface area contributed by atoms with E-state index in [1.54, 1.807) is 17.8 Å². The first kappa shape index (κ1) is 19.1. The summed E-state index contributed by atoms with van der Waals surface area (Å²) in [5.74, 6) is 1.00. The smallest absolute Gasteiger partial charge is 0.0610 e. The summed E-state index contributed by atoms with van der Waals surface area (Å²) in [5.41, 5.74) is -0.188. The Balaban J connectivity index is 2.32. The first-order chi connectivity index (χ1) is 9.86. The molecule has 1 unspecified atom stereocenters. The standard InChI is InChI=1S/C16H25Cl2NOS/c1-12(2)19-16(3,11-20)8-4-5-9-21-15-10-13(17)6-7-14(15)18/h6-7,10,12,19-20H,4-5,8-9,11H2,1-3H3. The molecule has 21 heavy (non-hydrogen) atoms. The lowest BCUT2D eigenvalue weighted by Gasteiger charge is -2.31. The van der Waals surface area contributed by atoms with E-state index in [9.17, 15) is 5.11 Å². The molecule has 1 atom stereocenters. The largest absolute Gasteiger partial charge is 0.394 e. The van der Waals surface area contributed by atoms with Gasteiger partial charge in [0.2, 0.25) is 0 Å². The highest BCUT2D eigenvalue weighted by Crippen LogP contribution is 2.30. The van der Waals surface area contributed by atoms with Crippen LogP contribution in [0.15, 0.2) is 23.1 Å². The number of thioether (sulfide) groups is 1. The van der Waals surface area contributed by atoms with Crippen LogP contribution in [0, 0.1) is 0 Å². The SMILES string of the molecule is CC(C)NC(C)(CO)CCCCSc1cc(Cl)ccc1Cl. The number of unbranched alkanes of at least 4 members (excludes halogenated alkanes) is 1. The molecule has 2 N–H and O–H groups in total. The first-order valence-corrected chi connectivity index (χ1v) is 9.07. The van der Waals surface area contributed by atoms with Crippen molar-refractivity contribution in [1.29, 1.82) is 0 Å². The fourth-order valence-electron chi connectivity index (χ4n) is 2.28. The number of aliphatic hydroxyl groups excluding tert-OH is 1. The predicted molar refractivity (Wildman–Crippen MR) is 94.8 cm³/mol. The van der Waals surface area contributed by atoms with Crippen LogP contribution in [-0.4, -0.2) is 29.0 Å². The van der Waals surface area contributed by atoms with Crippen LogP contribution in [0.2, 0.25) is 10.0 Å². The summed E-state index contributed by atoms with van der Waals surface area (Å²) < 4.78 is 0. The van der Waals surface area contributed by atoms with Crippen LogP contribution < -0.4 is 5.32 Å². The monoisotopic (exact) mass is 349 g/mol. The molecule has 0 fully saturated rings. The van der Waals surface area contributed by atoms with Gasteiger partial charge < -0.3 is 10.4 Å². The van der Waals surface area contributed by atoms with E-state index >= 15 is 0 Å². The predicted octanol–water partition coefficient (Wildman–Crippen LogP) is 5.00. The van der Waals surface area contributed by atoms with Crippen molar-refractivity contribution in [2.45, 2.75) is 56.5 Å². The molecule has 0 amide bonds. The van der Waals surface area contributed by atoms with Gasteiger partial charge in [0.1, 0.15) is 0 Å². The zero-order valence-electron chi connectivity index (χ0n) is 13.0. The Morgan fingerprint density at radius 3 is 2.62 bits per heavy atom. The minimum atomic E-state index is -0.188. The van der Waals surface area contributed by atoms with Crippen LogP contribution >= 0.6 is 35.0 Å². The summed E-state index contributed by atoms with van der Waals surface area (Å²) in [6.07, 6.45) is 3.12. The maximum absolute atomic E-state index is 9.54. The van der Waals surface area contributed by atoms with Crippen molar-refractivity contribution in [3.63, 3.8) is 0 Å².